The van der Waals surface area contributed by atoms with Crippen LogP contribution in [0.4, 0.5) is 0 Å². The summed E-state index contributed by atoms with van der Waals surface area (Å²) in [5, 5.41) is 3.35. The van der Waals surface area contributed by atoms with Crippen LogP contribution in [0.1, 0.15) is 15.9 Å². The number of nitrogens with zero attached hydrogens (tertiary/aromatic N) is 1. The van der Waals surface area contributed by atoms with E-state index >= 15 is 0 Å². The maximum Gasteiger partial charge on any atom is 0.253 e. The summed E-state index contributed by atoms with van der Waals surface area (Å²) in [7, 11) is 1.57. The maximum atomic E-state index is 11.9. The predicted molar refractivity (Wildman–Crippen MR) is 80.7 cm³/mol. The summed E-state index contributed by atoms with van der Waals surface area (Å²) in [4.78, 5) is 15.8. The first-order valence-electron chi connectivity index (χ1n) is 5.72. The van der Waals surface area contributed by atoms with Gasteiger partial charge in [-0.1, -0.05) is 17.7 Å². The minimum Gasteiger partial charge on any atom is -0.496 e. The van der Waals surface area contributed by atoms with Gasteiger partial charge in [-0.25, -0.2) is 0 Å². The van der Waals surface area contributed by atoms with E-state index in [9.17, 15) is 4.79 Å². The molecule has 0 radical (unpaired) electrons. The Labute approximate surface area is 128 Å². The molecule has 1 aromatic carbocycles. The van der Waals surface area contributed by atoms with Crippen LogP contribution in [0.15, 0.2) is 42.7 Å². The van der Waals surface area contributed by atoms with E-state index in [-0.39, 0.29) is 18.3 Å². The Morgan fingerprint density at radius 3 is 2.80 bits per heavy atom. The highest BCUT2D eigenvalue weighted by molar-refractivity contribution is 6.31. The van der Waals surface area contributed by atoms with Gasteiger partial charge in [0.25, 0.3) is 5.91 Å². The summed E-state index contributed by atoms with van der Waals surface area (Å²) in [6.45, 7) is 0.302. The minimum atomic E-state index is -0.199. The molecule has 0 atom stereocenters. The van der Waals surface area contributed by atoms with Crippen LogP contribution in [-0.4, -0.2) is 18.0 Å². The Balaban J connectivity index is 0.00000200. The van der Waals surface area contributed by atoms with Gasteiger partial charge in [0.2, 0.25) is 0 Å². The SMILES string of the molecule is COc1cccc(Cl)c1CNC(=O)c1cccnc1.Cl. The van der Waals surface area contributed by atoms with Crippen molar-refractivity contribution in [2.75, 3.05) is 7.11 Å². The van der Waals surface area contributed by atoms with Crippen molar-refractivity contribution < 1.29 is 9.53 Å². The van der Waals surface area contributed by atoms with E-state index in [1.54, 1.807) is 43.6 Å². The lowest BCUT2D eigenvalue weighted by Crippen LogP contribution is -2.23. The first-order chi connectivity index (χ1) is 9.22. The lowest BCUT2D eigenvalue weighted by atomic mass is 10.2. The van der Waals surface area contributed by atoms with E-state index < -0.39 is 0 Å². The number of hydrogen-bond donors (Lipinski definition) is 1. The summed E-state index contributed by atoms with van der Waals surface area (Å²) in [6.07, 6.45) is 3.13. The average molecular weight is 313 g/mol. The molecule has 106 valence electrons. The van der Waals surface area contributed by atoms with Crippen LogP contribution in [0.3, 0.4) is 0 Å². The second kappa shape index (κ2) is 7.72. The summed E-state index contributed by atoms with van der Waals surface area (Å²) >= 11 is 6.09. The molecule has 0 bridgehead atoms. The highest BCUT2D eigenvalue weighted by Gasteiger charge is 2.10. The summed E-state index contributed by atoms with van der Waals surface area (Å²) in [5.41, 5.74) is 1.26. The fourth-order valence-electron chi connectivity index (χ4n) is 1.67. The molecule has 2 aromatic rings. The van der Waals surface area contributed by atoms with Crippen molar-refractivity contribution in [1.82, 2.24) is 10.3 Å². The van der Waals surface area contributed by atoms with Crippen LogP contribution in [0.25, 0.3) is 0 Å². The number of rotatable bonds is 4. The zero-order valence-corrected chi connectivity index (χ0v) is 12.4. The van der Waals surface area contributed by atoms with Gasteiger partial charge in [0, 0.05) is 29.5 Å². The minimum absolute atomic E-state index is 0. The molecule has 0 saturated carbocycles. The number of ether oxygens (including phenoxy) is 1. The number of carbonyl (C=O) groups excluding carboxylic acids is 1. The van der Waals surface area contributed by atoms with E-state index in [1.165, 1.54) is 6.20 Å². The van der Waals surface area contributed by atoms with E-state index in [4.69, 9.17) is 16.3 Å². The van der Waals surface area contributed by atoms with Crippen molar-refractivity contribution in [3.63, 3.8) is 0 Å². The van der Waals surface area contributed by atoms with Gasteiger partial charge < -0.3 is 10.1 Å². The number of pyridine rings is 1. The third-order valence-electron chi connectivity index (χ3n) is 2.65. The number of aromatic nitrogens is 1. The third kappa shape index (κ3) is 3.85. The van der Waals surface area contributed by atoms with Crippen LogP contribution in [-0.2, 0) is 6.54 Å². The van der Waals surface area contributed by atoms with E-state index in [2.05, 4.69) is 10.3 Å². The van der Waals surface area contributed by atoms with Crippen LogP contribution >= 0.6 is 24.0 Å². The van der Waals surface area contributed by atoms with Crippen LogP contribution in [0.2, 0.25) is 5.02 Å². The maximum absolute atomic E-state index is 11.9. The molecular weight excluding hydrogens is 299 g/mol. The summed E-state index contributed by atoms with van der Waals surface area (Å²) in [6, 6.07) is 8.78. The monoisotopic (exact) mass is 312 g/mol. The van der Waals surface area contributed by atoms with Gasteiger partial charge in [0.1, 0.15) is 5.75 Å². The molecule has 0 spiro atoms. The standard InChI is InChI=1S/C14H13ClN2O2.ClH/c1-19-13-6-2-5-12(15)11(13)9-17-14(18)10-4-3-7-16-8-10;/h2-8H,9H2,1H3,(H,17,18);1H. The molecule has 0 aliphatic heterocycles. The molecule has 0 aliphatic carbocycles. The molecule has 2 rings (SSSR count). The fraction of sp³-hybridized carbons (Fsp3) is 0.143. The van der Waals surface area contributed by atoms with E-state index in [0.717, 1.165) is 5.56 Å². The van der Waals surface area contributed by atoms with Crippen LogP contribution in [0.5, 0.6) is 5.75 Å². The van der Waals surface area contributed by atoms with Gasteiger partial charge in [0.05, 0.1) is 12.7 Å². The van der Waals surface area contributed by atoms with Crippen molar-refractivity contribution in [2.45, 2.75) is 6.54 Å². The van der Waals surface area contributed by atoms with Crippen molar-refractivity contribution in [3.05, 3.63) is 58.9 Å². The molecule has 1 N–H and O–H groups in total. The van der Waals surface area contributed by atoms with E-state index in [0.29, 0.717) is 22.9 Å². The third-order valence-corrected chi connectivity index (χ3v) is 3.00. The fourth-order valence-corrected chi connectivity index (χ4v) is 1.90. The first-order valence-corrected chi connectivity index (χ1v) is 6.09. The number of amides is 1. The van der Waals surface area contributed by atoms with Crippen molar-refractivity contribution in [2.24, 2.45) is 0 Å². The molecule has 1 heterocycles. The zero-order chi connectivity index (χ0) is 13.7. The number of benzene rings is 1. The molecule has 1 aromatic heterocycles. The van der Waals surface area contributed by atoms with Gasteiger partial charge in [-0.3, -0.25) is 9.78 Å². The van der Waals surface area contributed by atoms with Crippen molar-refractivity contribution >= 4 is 29.9 Å². The molecular formula is C14H14Cl2N2O2. The van der Waals surface area contributed by atoms with Crippen LogP contribution < -0.4 is 10.1 Å². The number of halogens is 2. The number of nitrogens with one attached hydrogen (secondary N) is 1. The molecule has 4 nitrogen and oxygen atoms in total. The molecule has 0 saturated heterocycles. The number of carbonyl (C=O) groups is 1. The van der Waals surface area contributed by atoms with E-state index in [1.807, 2.05) is 0 Å². The lowest BCUT2D eigenvalue weighted by molar-refractivity contribution is 0.0950. The average Bonchev–Trinajstić information content (AvgIpc) is 2.46. The second-order valence-corrected chi connectivity index (χ2v) is 4.25. The Morgan fingerprint density at radius 2 is 2.15 bits per heavy atom. The Hall–Kier alpha value is -1.78. The van der Waals surface area contributed by atoms with Gasteiger partial charge >= 0.3 is 0 Å². The lowest BCUT2D eigenvalue weighted by Gasteiger charge is -2.11. The molecule has 6 heteroatoms. The largest absolute Gasteiger partial charge is 0.496 e. The van der Waals surface area contributed by atoms with Crippen molar-refractivity contribution in [1.29, 1.82) is 0 Å². The highest BCUT2D eigenvalue weighted by atomic mass is 35.5. The van der Waals surface area contributed by atoms with Gasteiger partial charge in [-0.2, -0.15) is 0 Å². The van der Waals surface area contributed by atoms with Gasteiger partial charge in [0.15, 0.2) is 0 Å². The molecule has 20 heavy (non-hydrogen) atoms. The quantitative estimate of drug-likeness (QED) is 0.943. The predicted octanol–water partition coefficient (Wildman–Crippen LogP) is 3.10. The smallest absolute Gasteiger partial charge is 0.253 e. The Kier molecular flexibility index (Phi) is 6.28. The topological polar surface area (TPSA) is 51.2 Å². The van der Waals surface area contributed by atoms with Crippen molar-refractivity contribution in [3.8, 4) is 5.75 Å². The highest BCUT2D eigenvalue weighted by Crippen LogP contribution is 2.25. The summed E-state index contributed by atoms with van der Waals surface area (Å²) in [5.74, 6) is 0.453. The molecule has 0 unspecified atom stereocenters. The Morgan fingerprint density at radius 1 is 1.35 bits per heavy atom. The second-order valence-electron chi connectivity index (χ2n) is 3.85. The normalized spacial score (nSPS) is 9.50. The van der Waals surface area contributed by atoms with Gasteiger partial charge in [-0.15, -0.1) is 12.4 Å². The summed E-state index contributed by atoms with van der Waals surface area (Å²) < 4.78 is 5.22. The molecule has 0 aliphatic rings. The van der Waals surface area contributed by atoms with Crippen LogP contribution in [0, 0.1) is 0 Å². The Bertz CT molecular complexity index is 577. The number of hydrogen-bond acceptors (Lipinski definition) is 3. The molecule has 0 fully saturated rings. The number of methoxy groups -OCH3 is 1. The van der Waals surface area contributed by atoms with Gasteiger partial charge in [-0.05, 0) is 24.3 Å². The molecule has 1 amide bonds. The zero-order valence-electron chi connectivity index (χ0n) is 10.8. The first kappa shape index (κ1) is 16.3.